The zero-order valence-electron chi connectivity index (χ0n) is 9.23. The zero-order chi connectivity index (χ0) is 12.0. The topological polar surface area (TPSA) is 35.5 Å². The van der Waals surface area contributed by atoms with Crippen molar-refractivity contribution in [1.82, 2.24) is 0 Å². The van der Waals surface area contributed by atoms with E-state index in [0.717, 1.165) is 0 Å². The molecule has 1 aromatic carbocycles. The summed E-state index contributed by atoms with van der Waals surface area (Å²) < 4.78 is 10.6. The van der Waals surface area contributed by atoms with E-state index in [4.69, 9.17) is 9.47 Å². The number of carbonyl (C=O) groups excluding carboxylic acids is 1. The molecule has 0 bridgehead atoms. The van der Waals surface area contributed by atoms with Crippen LogP contribution in [0.25, 0.3) is 0 Å². The van der Waals surface area contributed by atoms with Crippen LogP contribution in [0.4, 0.5) is 0 Å². The van der Waals surface area contributed by atoms with Crippen molar-refractivity contribution in [2.45, 2.75) is 6.92 Å². The summed E-state index contributed by atoms with van der Waals surface area (Å²) in [7, 11) is 1.58. The van der Waals surface area contributed by atoms with Gasteiger partial charge in [-0.15, -0.1) is 0 Å². The minimum absolute atomic E-state index is 0.300. The fourth-order valence-corrected chi connectivity index (χ4v) is 1.16. The Balaban J connectivity index is 2.61. The van der Waals surface area contributed by atoms with E-state index in [9.17, 15) is 4.79 Å². The third-order valence-corrected chi connectivity index (χ3v) is 2.34. The van der Waals surface area contributed by atoms with Gasteiger partial charge >= 0.3 is 0 Å². The Morgan fingerprint density at radius 3 is 2.56 bits per heavy atom. The Morgan fingerprint density at radius 2 is 2.00 bits per heavy atom. The number of carbonyl (C=O) groups is 1. The van der Waals surface area contributed by atoms with Gasteiger partial charge in [-0.2, -0.15) is 0 Å². The second kappa shape index (κ2) is 6.12. The van der Waals surface area contributed by atoms with Crippen molar-refractivity contribution in [3.05, 3.63) is 35.9 Å². The van der Waals surface area contributed by atoms with Gasteiger partial charge in [0, 0.05) is 5.12 Å². The Bertz CT molecular complexity index is 399. The average molecular weight is 237 g/mol. The molecule has 0 spiro atoms. The molecule has 0 amide bonds. The molecule has 0 radical (unpaired) electrons. The monoisotopic (exact) mass is 237 g/mol. The number of methoxy groups -OCH3 is 1. The Morgan fingerprint density at radius 1 is 1.38 bits per heavy atom. The standard InChI is InChI=1S/C12H14O3S/c1-9(12(13)16)7-8-15-11-6-4-3-5-10(11)14-2/h3-7H,8H2,1-2H3,(H,13,16)/p-1/b9-7+. The average Bonchev–Trinajstić information content (AvgIpc) is 2.29. The summed E-state index contributed by atoms with van der Waals surface area (Å²) in [6.45, 7) is 1.97. The lowest BCUT2D eigenvalue weighted by molar-refractivity contribution is -0.107. The molecule has 0 atom stereocenters. The van der Waals surface area contributed by atoms with Crippen molar-refractivity contribution in [2.75, 3.05) is 13.7 Å². The third kappa shape index (κ3) is 3.55. The van der Waals surface area contributed by atoms with E-state index in [-0.39, 0.29) is 5.12 Å². The summed E-state index contributed by atoms with van der Waals surface area (Å²) in [5.74, 6) is 1.31. The summed E-state index contributed by atoms with van der Waals surface area (Å²) in [6.07, 6.45) is 1.65. The molecule has 0 saturated heterocycles. The molecule has 4 heteroatoms. The minimum atomic E-state index is -0.358. The predicted molar refractivity (Wildman–Crippen MR) is 64.6 cm³/mol. The van der Waals surface area contributed by atoms with Crippen LogP contribution >= 0.6 is 0 Å². The van der Waals surface area contributed by atoms with Crippen LogP contribution in [0.5, 0.6) is 11.5 Å². The summed E-state index contributed by atoms with van der Waals surface area (Å²) in [5.41, 5.74) is 0.518. The van der Waals surface area contributed by atoms with Gasteiger partial charge in [0.1, 0.15) is 6.61 Å². The highest BCUT2D eigenvalue weighted by molar-refractivity contribution is 7.77. The number of rotatable bonds is 5. The summed E-state index contributed by atoms with van der Waals surface area (Å²) in [5, 5.41) is -0.358. The van der Waals surface area contributed by atoms with E-state index in [0.29, 0.717) is 23.7 Å². The minimum Gasteiger partial charge on any atom is -0.737 e. The van der Waals surface area contributed by atoms with Crippen LogP contribution in [0, 0.1) is 0 Å². The van der Waals surface area contributed by atoms with E-state index in [2.05, 4.69) is 12.6 Å². The van der Waals surface area contributed by atoms with Crippen LogP contribution in [-0.4, -0.2) is 18.8 Å². The van der Waals surface area contributed by atoms with Crippen molar-refractivity contribution in [3.63, 3.8) is 0 Å². The second-order valence-electron chi connectivity index (χ2n) is 3.14. The molecule has 0 heterocycles. The lowest BCUT2D eigenvalue weighted by atomic mass is 10.3. The molecule has 0 saturated carbocycles. The first-order valence-corrected chi connectivity index (χ1v) is 5.20. The van der Waals surface area contributed by atoms with Crippen molar-refractivity contribution >= 4 is 17.7 Å². The fraction of sp³-hybridized carbons (Fsp3) is 0.250. The van der Waals surface area contributed by atoms with E-state index in [1.165, 1.54) is 0 Å². The van der Waals surface area contributed by atoms with Crippen LogP contribution in [0.2, 0.25) is 0 Å². The summed E-state index contributed by atoms with van der Waals surface area (Å²) in [4.78, 5) is 10.8. The molecule has 1 rings (SSSR count). The Labute approximate surface area is 100 Å². The zero-order valence-corrected chi connectivity index (χ0v) is 10.0. The quantitative estimate of drug-likeness (QED) is 0.580. The van der Waals surface area contributed by atoms with Gasteiger partial charge < -0.3 is 26.9 Å². The Hall–Kier alpha value is -1.55. The normalized spacial score (nSPS) is 11.0. The van der Waals surface area contributed by atoms with Gasteiger partial charge in [-0.3, -0.25) is 0 Å². The maximum Gasteiger partial charge on any atom is 0.161 e. The number of hydrogen-bond donors (Lipinski definition) is 0. The highest BCUT2D eigenvalue weighted by Gasteiger charge is 2.00. The van der Waals surface area contributed by atoms with Crippen molar-refractivity contribution in [3.8, 4) is 11.5 Å². The molecule has 0 aliphatic rings. The highest BCUT2D eigenvalue weighted by Crippen LogP contribution is 2.25. The maximum absolute atomic E-state index is 10.8. The number of ether oxygens (including phenoxy) is 2. The van der Waals surface area contributed by atoms with Gasteiger partial charge in [0.25, 0.3) is 0 Å². The predicted octanol–water partition coefficient (Wildman–Crippen LogP) is 2.09. The molecular formula is C12H13O3S-. The summed E-state index contributed by atoms with van der Waals surface area (Å²) >= 11 is 4.49. The first-order chi connectivity index (χ1) is 7.65. The fourth-order valence-electron chi connectivity index (χ4n) is 1.08. The number of hydrogen-bond acceptors (Lipinski definition) is 4. The van der Waals surface area contributed by atoms with E-state index >= 15 is 0 Å². The van der Waals surface area contributed by atoms with Crippen LogP contribution in [0.3, 0.4) is 0 Å². The van der Waals surface area contributed by atoms with Gasteiger partial charge in [-0.25, -0.2) is 0 Å². The molecule has 3 nitrogen and oxygen atoms in total. The molecule has 0 fully saturated rings. The van der Waals surface area contributed by atoms with Crippen molar-refractivity contribution < 1.29 is 14.3 Å². The highest BCUT2D eigenvalue weighted by atomic mass is 32.1. The van der Waals surface area contributed by atoms with Crippen LogP contribution in [0.15, 0.2) is 35.9 Å². The lowest BCUT2D eigenvalue weighted by Gasteiger charge is -2.09. The van der Waals surface area contributed by atoms with Gasteiger partial charge in [0.2, 0.25) is 0 Å². The smallest absolute Gasteiger partial charge is 0.161 e. The van der Waals surface area contributed by atoms with Crippen molar-refractivity contribution in [1.29, 1.82) is 0 Å². The van der Waals surface area contributed by atoms with E-state index < -0.39 is 0 Å². The van der Waals surface area contributed by atoms with Crippen LogP contribution in [-0.2, 0) is 17.4 Å². The Kier molecular flexibility index (Phi) is 4.79. The lowest BCUT2D eigenvalue weighted by Crippen LogP contribution is -2.00. The number of benzene rings is 1. The first-order valence-electron chi connectivity index (χ1n) is 4.79. The van der Waals surface area contributed by atoms with E-state index in [1.54, 1.807) is 26.2 Å². The molecular weight excluding hydrogens is 224 g/mol. The first kappa shape index (κ1) is 12.5. The van der Waals surface area contributed by atoms with Gasteiger partial charge in [-0.05, 0) is 30.7 Å². The molecule has 0 unspecified atom stereocenters. The van der Waals surface area contributed by atoms with Crippen LogP contribution < -0.4 is 9.47 Å². The summed E-state index contributed by atoms with van der Waals surface area (Å²) in [6, 6.07) is 7.33. The molecule has 0 aliphatic heterocycles. The molecule has 16 heavy (non-hydrogen) atoms. The van der Waals surface area contributed by atoms with Gasteiger partial charge in [0.15, 0.2) is 11.5 Å². The SMILES string of the molecule is COc1ccccc1OC/C=C(\C)C(=O)[S-]. The molecule has 0 aliphatic carbocycles. The second-order valence-corrected chi connectivity index (χ2v) is 3.51. The van der Waals surface area contributed by atoms with Gasteiger partial charge in [-0.1, -0.05) is 12.1 Å². The van der Waals surface area contributed by atoms with E-state index in [1.807, 2.05) is 18.2 Å². The number of para-hydroxylation sites is 2. The maximum atomic E-state index is 10.8. The molecule has 0 aromatic heterocycles. The van der Waals surface area contributed by atoms with Crippen LogP contribution in [0.1, 0.15) is 6.92 Å². The van der Waals surface area contributed by atoms with Crippen molar-refractivity contribution in [2.24, 2.45) is 0 Å². The molecule has 1 aromatic rings. The van der Waals surface area contributed by atoms with Gasteiger partial charge in [0.05, 0.1) is 7.11 Å². The molecule has 86 valence electrons. The molecule has 0 N–H and O–H groups in total. The largest absolute Gasteiger partial charge is 0.737 e. The third-order valence-electron chi connectivity index (χ3n) is 2.02.